The molecule has 42 heavy (non-hydrogen) atoms. The second kappa shape index (κ2) is 11.7. The lowest BCUT2D eigenvalue weighted by Gasteiger charge is -2.50. The van der Waals surface area contributed by atoms with E-state index in [9.17, 15) is 9.59 Å². The topological polar surface area (TPSA) is 129 Å². The summed E-state index contributed by atoms with van der Waals surface area (Å²) in [7, 11) is 3.54. The number of nitrogens with one attached hydrogen (secondary N) is 3. The van der Waals surface area contributed by atoms with Crippen LogP contribution in [0.3, 0.4) is 0 Å². The molecule has 2 aromatic rings. The third kappa shape index (κ3) is 5.50. The van der Waals surface area contributed by atoms with Gasteiger partial charge in [0.2, 0.25) is 11.8 Å². The van der Waals surface area contributed by atoms with Gasteiger partial charge in [0.1, 0.15) is 17.3 Å². The molecule has 2 atom stereocenters. The zero-order valence-corrected chi connectivity index (χ0v) is 24.9. The van der Waals surface area contributed by atoms with Crippen LogP contribution >= 0.6 is 0 Å². The number of rotatable bonds is 8. The maximum atomic E-state index is 13.6. The van der Waals surface area contributed by atoms with Crippen molar-refractivity contribution in [1.82, 2.24) is 29.9 Å². The van der Waals surface area contributed by atoms with Crippen LogP contribution in [-0.4, -0.2) is 103 Å². The zero-order valence-electron chi connectivity index (χ0n) is 24.9. The van der Waals surface area contributed by atoms with Crippen molar-refractivity contribution in [3.63, 3.8) is 0 Å². The number of nitrogens with zero attached hydrogens (tertiary/aromatic N) is 4. The normalized spacial score (nSPS) is 25.4. The molecular weight excluding hydrogens is 536 g/mol. The van der Waals surface area contributed by atoms with E-state index in [2.05, 4.69) is 32.7 Å². The number of aromatic nitrogens is 1. The van der Waals surface area contributed by atoms with Gasteiger partial charge in [0, 0.05) is 56.9 Å². The van der Waals surface area contributed by atoms with Crippen LogP contribution in [0.5, 0.6) is 5.75 Å². The number of morpholine rings is 1. The highest BCUT2D eigenvalue weighted by Gasteiger charge is 2.44. The van der Waals surface area contributed by atoms with E-state index in [1.165, 1.54) is 25.7 Å². The highest BCUT2D eigenvalue weighted by molar-refractivity contribution is 5.97. The molecule has 1 amide bonds. The standard InChI is InChI=1S/C30H44N8O4/c1-4-22-18-35(2)27-28(38(22)17-20-7-5-6-8-20)33-30(31,34-29(27)40)32-23-15-21-9-10-37(24(21)16-25(23)41-3)26(39)19-36-11-13-42-14-12-36/h9-10,15-16,20,22,32-33H,4-8,11-14,17-19,31H2,1-3H3,(H,34,40)/t22?,30-/m1/s1. The number of anilines is 1. The summed E-state index contributed by atoms with van der Waals surface area (Å²) in [4.78, 5) is 33.2. The number of amides is 1. The molecule has 1 aromatic carbocycles. The summed E-state index contributed by atoms with van der Waals surface area (Å²) in [6, 6.07) is 5.91. The SMILES string of the molecule is CCC1CN(C)C2=C(N[C@@](N)(Nc3cc4ccn(C(=O)CN5CCOCC5)c4cc3OC)NC2=O)N1CC1CCCC1. The Labute approximate surface area is 247 Å². The van der Waals surface area contributed by atoms with E-state index in [0.717, 1.165) is 49.3 Å². The molecule has 0 radical (unpaired) electrons. The molecule has 1 saturated heterocycles. The van der Waals surface area contributed by atoms with Crippen molar-refractivity contribution < 1.29 is 19.1 Å². The monoisotopic (exact) mass is 580 g/mol. The molecule has 12 heteroatoms. The molecule has 12 nitrogen and oxygen atoms in total. The number of methoxy groups -OCH3 is 1. The highest BCUT2D eigenvalue weighted by Crippen LogP contribution is 2.35. The second-order valence-corrected chi connectivity index (χ2v) is 12.0. The third-order valence-electron chi connectivity index (χ3n) is 9.14. The van der Waals surface area contributed by atoms with Crippen LogP contribution in [0.4, 0.5) is 5.69 Å². The van der Waals surface area contributed by atoms with E-state index in [4.69, 9.17) is 15.2 Å². The van der Waals surface area contributed by atoms with E-state index in [0.29, 0.717) is 42.8 Å². The van der Waals surface area contributed by atoms with Gasteiger partial charge in [-0.15, -0.1) is 0 Å². The molecule has 2 fully saturated rings. The van der Waals surface area contributed by atoms with Crippen LogP contribution in [0.15, 0.2) is 35.9 Å². The van der Waals surface area contributed by atoms with Gasteiger partial charge in [-0.2, -0.15) is 0 Å². The van der Waals surface area contributed by atoms with Crippen molar-refractivity contribution in [2.24, 2.45) is 11.7 Å². The number of likely N-dealkylation sites (N-methyl/N-ethyl adjacent to an activating group) is 1. The number of benzene rings is 1. The first-order valence-corrected chi connectivity index (χ1v) is 15.2. The Hall–Kier alpha value is -3.48. The summed E-state index contributed by atoms with van der Waals surface area (Å²) in [6.45, 7) is 6.96. The molecule has 4 aliphatic rings. The fourth-order valence-corrected chi connectivity index (χ4v) is 6.88. The van der Waals surface area contributed by atoms with Crippen LogP contribution in [0, 0.1) is 5.92 Å². The maximum Gasteiger partial charge on any atom is 0.275 e. The van der Waals surface area contributed by atoms with Gasteiger partial charge in [0.25, 0.3) is 5.91 Å². The molecule has 0 spiro atoms. The number of nitrogens with two attached hydrogens (primary N) is 1. The summed E-state index contributed by atoms with van der Waals surface area (Å²) in [6.07, 6.45) is 7.72. The van der Waals surface area contributed by atoms with Crippen molar-refractivity contribution in [2.75, 3.05) is 65.4 Å². The van der Waals surface area contributed by atoms with Gasteiger partial charge in [0.05, 0.1) is 38.1 Å². The number of carbonyl (C=O) groups is 2. The number of carbonyl (C=O) groups excluding carboxylic acids is 2. The Morgan fingerprint density at radius 1 is 1.21 bits per heavy atom. The Kier molecular flexibility index (Phi) is 7.95. The molecule has 0 bridgehead atoms. The molecule has 1 aromatic heterocycles. The van der Waals surface area contributed by atoms with Crippen molar-refractivity contribution >= 4 is 28.4 Å². The minimum atomic E-state index is -1.46. The molecule has 5 N–H and O–H groups in total. The Bertz CT molecular complexity index is 1360. The predicted octanol–water partition coefficient (Wildman–Crippen LogP) is 1.71. The van der Waals surface area contributed by atoms with Gasteiger partial charge in [-0.1, -0.05) is 19.8 Å². The minimum absolute atomic E-state index is 0.0140. The first-order chi connectivity index (χ1) is 20.3. The van der Waals surface area contributed by atoms with E-state index in [1.807, 2.05) is 30.1 Å². The molecule has 4 heterocycles. The average molecular weight is 581 g/mol. The summed E-state index contributed by atoms with van der Waals surface area (Å²) < 4.78 is 12.8. The first-order valence-electron chi connectivity index (χ1n) is 15.2. The van der Waals surface area contributed by atoms with Crippen LogP contribution in [-0.2, 0) is 9.53 Å². The number of fused-ring (bicyclic) bond motifs is 1. The van der Waals surface area contributed by atoms with E-state index in [1.54, 1.807) is 17.9 Å². The predicted molar refractivity (Wildman–Crippen MR) is 161 cm³/mol. The van der Waals surface area contributed by atoms with E-state index < -0.39 is 5.91 Å². The van der Waals surface area contributed by atoms with Gasteiger partial charge in [-0.3, -0.25) is 30.1 Å². The van der Waals surface area contributed by atoms with Gasteiger partial charge < -0.3 is 29.9 Å². The van der Waals surface area contributed by atoms with Crippen molar-refractivity contribution in [3.05, 3.63) is 35.9 Å². The molecule has 6 rings (SSSR count). The average Bonchev–Trinajstić information content (AvgIpc) is 3.63. The second-order valence-electron chi connectivity index (χ2n) is 12.0. The van der Waals surface area contributed by atoms with Crippen molar-refractivity contribution in [1.29, 1.82) is 0 Å². The van der Waals surface area contributed by atoms with Crippen molar-refractivity contribution in [2.45, 2.75) is 51.0 Å². The lowest BCUT2D eigenvalue weighted by molar-refractivity contribution is -0.123. The molecule has 1 aliphatic carbocycles. The summed E-state index contributed by atoms with van der Waals surface area (Å²) in [5, 5.41) is 10.6. The molecule has 3 aliphatic heterocycles. The van der Waals surface area contributed by atoms with Crippen LogP contribution in [0.2, 0.25) is 0 Å². The molecule has 1 unspecified atom stereocenters. The molecular formula is C30H44N8O4. The third-order valence-corrected chi connectivity index (χ3v) is 9.14. The number of hydrogen-bond acceptors (Lipinski definition) is 10. The van der Waals surface area contributed by atoms with Crippen LogP contribution < -0.4 is 26.4 Å². The highest BCUT2D eigenvalue weighted by atomic mass is 16.5. The molecule has 228 valence electrons. The largest absolute Gasteiger partial charge is 0.495 e. The maximum absolute atomic E-state index is 13.6. The van der Waals surface area contributed by atoms with Gasteiger partial charge >= 0.3 is 0 Å². The number of ether oxygens (including phenoxy) is 2. The Balaban J connectivity index is 1.27. The Morgan fingerprint density at radius 2 is 1.98 bits per heavy atom. The summed E-state index contributed by atoms with van der Waals surface area (Å²) >= 11 is 0. The van der Waals surface area contributed by atoms with Gasteiger partial charge in [-0.05, 0) is 37.3 Å². The Morgan fingerprint density at radius 3 is 2.69 bits per heavy atom. The smallest absolute Gasteiger partial charge is 0.275 e. The van der Waals surface area contributed by atoms with Gasteiger partial charge in [0.15, 0.2) is 0 Å². The first kappa shape index (κ1) is 28.6. The van der Waals surface area contributed by atoms with Crippen molar-refractivity contribution in [3.8, 4) is 5.75 Å². The lowest BCUT2D eigenvalue weighted by Crippen LogP contribution is -2.76. The fraction of sp³-hybridized carbons (Fsp3) is 0.600. The van der Waals surface area contributed by atoms with Crippen LogP contribution in [0.25, 0.3) is 10.9 Å². The molecule has 1 saturated carbocycles. The summed E-state index contributed by atoms with van der Waals surface area (Å²) in [5.74, 6) is 0.182. The zero-order chi connectivity index (χ0) is 29.4. The van der Waals surface area contributed by atoms with Crippen LogP contribution in [0.1, 0.15) is 43.8 Å². The minimum Gasteiger partial charge on any atom is -0.495 e. The van der Waals surface area contributed by atoms with E-state index in [-0.39, 0.29) is 17.9 Å². The lowest BCUT2D eigenvalue weighted by atomic mass is 10.0. The quantitative estimate of drug-likeness (QED) is 0.343. The van der Waals surface area contributed by atoms with E-state index >= 15 is 0 Å². The van der Waals surface area contributed by atoms with Gasteiger partial charge in [-0.25, -0.2) is 0 Å². The summed E-state index contributed by atoms with van der Waals surface area (Å²) in [5.41, 5.74) is 8.81. The fourth-order valence-electron chi connectivity index (χ4n) is 6.88. The number of hydrogen-bond donors (Lipinski definition) is 4.